The van der Waals surface area contributed by atoms with Crippen molar-refractivity contribution in [3.63, 3.8) is 0 Å². The number of nitrogens with one attached hydrogen (secondary N) is 2. The van der Waals surface area contributed by atoms with Crippen LogP contribution < -0.4 is 10.6 Å². The van der Waals surface area contributed by atoms with Gasteiger partial charge in [0.1, 0.15) is 0 Å². The maximum atomic E-state index is 11.4. The van der Waals surface area contributed by atoms with E-state index in [-0.39, 0.29) is 18.2 Å². The molecule has 1 rings (SSSR count). The van der Waals surface area contributed by atoms with Gasteiger partial charge in [0.25, 0.3) is 0 Å². The summed E-state index contributed by atoms with van der Waals surface area (Å²) in [6.07, 6.45) is 0. The van der Waals surface area contributed by atoms with Crippen LogP contribution in [0.1, 0.15) is 17.3 Å². The molecule has 98 valence electrons. The SMILES string of the molecule is COCCNC(=O)CNc1ccc(C(C)=O)cc1. The van der Waals surface area contributed by atoms with E-state index >= 15 is 0 Å². The number of amides is 1. The maximum absolute atomic E-state index is 11.4. The number of hydrogen-bond acceptors (Lipinski definition) is 4. The summed E-state index contributed by atoms with van der Waals surface area (Å²) < 4.78 is 4.82. The maximum Gasteiger partial charge on any atom is 0.239 e. The fraction of sp³-hybridized carbons (Fsp3) is 0.385. The third-order valence-electron chi connectivity index (χ3n) is 2.37. The normalized spacial score (nSPS) is 9.89. The van der Waals surface area contributed by atoms with Gasteiger partial charge in [-0.3, -0.25) is 9.59 Å². The van der Waals surface area contributed by atoms with Gasteiger partial charge in [-0.15, -0.1) is 0 Å². The monoisotopic (exact) mass is 250 g/mol. The van der Waals surface area contributed by atoms with Gasteiger partial charge >= 0.3 is 0 Å². The Hall–Kier alpha value is -1.88. The van der Waals surface area contributed by atoms with Crippen molar-refractivity contribution >= 4 is 17.4 Å². The molecular weight excluding hydrogens is 232 g/mol. The van der Waals surface area contributed by atoms with Crippen molar-refractivity contribution < 1.29 is 14.3 Å². The first kappa shape index (κ1) is 14.2. The Morgan fingerprint density at radius 1 is 1.22 bits per heavy atom. The summed E-state index contributed by atoms with van der Waals surface area (Å²) in [5, 5.41) is 5.68. The van der Waals surface area contributed by atoms with E-state index in [4.69, 9.17) is 4.74 Å². The van der Waals surface area contributed by atoms with Crippen LogP contribution in [0, 0.1) is 0 Å². The van der Waals surface area contributed by atoms with Gasteiger partial charge in [0, 0.05) is 24.9 Å². The topological polar surface area (TPSA) is 67.4 Å². The highest BCUT2D eigenvalue weighted by Gasteiger charge is 2.01. The molecule has 0 aliphatic heterocycles. The summed E-state index contributed by atoms with van der Waals surface area (Å²) in [6.45, 7) is 2.72. The first-order valence-corrected chi connectivity index (χ1v) is 5.74. The molecule has 18 heavy (non-hydrogen) atoms. The standard InChI is InChI=1S/C13H18N2O3/c1-10(16)11-3-5-12(6-4-11)15-9-13(17)14-7-8-18-2/h3-6,15H,7-9H2,1-2H3,(H,14,17). The van der Waals surface area contributed by atoms with E-state index in [2.05, 4.69) is 10.6 Å². The molecule has 5 heteroatoms. The van der Waals surface area contributed by atoms with Crippen LogP contribution in [-0.2, 0) is 9.53 Å². The first-order chi connectivity index (χ1) is 8.63. The van der Waals surface area contributed by atoms with Crippen molar-refractivity contribution in [3.8, 4) is 0 Å². The molecule has 0 heterocycles. The number of anilines is 1. The quantitative estimate of drug-likeness (QED) is 0.561. The van der Waals surface area contributed by atoms with E-state index in [1.807, 2.05) is 0 Å². The summed E-state index contributed by atoms with van der Waals surface area (Å²) in [6, 6.07) is 7.01. The second-order valence-electron chi connectivity index (χ2n) is 3.83. The molecule has 0 aliphatic rings. The average molecular weight is 250 g/mol. The molecule has 0 saturated carbocycles. The van der Waals surface area contributed by atoms with Crippen molar-refractivity contribution in [2.75, 3.05) is 32.1 Å². The van der Waals surface area contributed by atoms with Crippen molar-refractivity contribution in [1.29, 1.82) is 0 Å². The molecule has 0 atom stereocenters. The third kappa shape index (κ3) is 4.97. The zero-order chi connectivity index (χ0) is 13.4. The van der Waals surface area contributed by atoms with E-state index in [9.17, 15) is 9.59 Å². The summed E-state index contributed by atoms with van der Waals surface area (Å²) in [5.41, 5.74) is 1.46. The average Bonchev–Trinajstić information content (AvgIpc) is 2.37. The van der Waals surface area contributed by atoms with E-state index in [1.165, 1.54) is 6.92 Å². The largest absolute Gasteiger partial charge is 0.383 e. The van der Waals surface area contributed by atoms with Crippen LogP contribution in [0.5, 0.6) is 0 Å². The van der Waals surface area contributed by atoms with Crippen LogP contribution in [0.25, 0.3) is 0 Å². The number of ketones is 1. The van der Waals surface area contributed by atoms with Gasteiger partial charge in [-0.2, -0.15) is 0 Å². The molecule has 0 aromatic heterocycles. The number of Topliss-reactive ketones (excluding diaryl/α,β-unsaturated/α-hetero) is 1. The molecule has 2 N–H and O–H groups in total. The molecule has 5 nitrogen and oxygen atoms in total. The molecule has 0 bridgehead atoms. The zero-order valence-electron chi connectivity index (χ0n) is 10.7. The number of rotatable bonds is 7. The lowest BCUT2D eigenvalue weighted by molar-refractivity contribution is -0.119. The zero-order valence-corrected chi connectivity index (χ0v) is 10.7. The molecule has 0 aliphatic carbocycles. The lowest BCUT2D eigenvalue weighted by Gasteiger charge is -2.07. The predicted molar refractivity (Wildman–Crippen MR) is 69.8 cm³/mol. The fourth-order valence-electron chi connectivity index (χ4n) is 1.36. The molecule has 0 unspecified atom stereocenters. The van der Waals surface area contributed by atoms with Crippen molar-refractivity contribution in [3.05, 3.63) is 29.8 Å². The lowest BCUT2D eigenvalue weighted by atomic mass is 10.1. The Labute approximate surface area is 107 Å². The Bertz CT molecular complexity index is 401. The highest BCUT2D eigenvalue weighted by Crippen LogP contribution is 2.09. The second-order valence-corrected chi connectivity index (χ2v) is 3.83. The van der Waals surface area contributed by atoms with Crippen molar-refractivity contribution in [2.45, 2.75) is 6.92 Å². The van der Waals surface area contributed by atoms with Crippen LogP contribution in [0.3, 0.4) is 0 Å². The van der Waals surface area contributed by atoms with Crippen LogP contribution in [-0.4, -0.2) is 38.5 Å². The predicted octanol–water partition coefficient (Wildman–Crippen LogP) is 1.06. The number of carbonyl (C=O) groups is 2. The first-order valence-electron chi connectivity index (χ1n) is 5.74. The van der Waals surface area contributed by atoms with Crippen molar-refractivity contribution in [1.82, 2.24) is 5.32 Å². The molecule has 0 fully saturated rings. The van der Waals surface area contributed by atoms with Gasteiger partial charge in [-0.1, -0.05) is 0 Å². The van der Waals surface area contributed by atoms with Crippen LogP contribution in [0.2, 0.25) is 0 Å². The molecule has 1 aromatic carbocycles. The molecule has 0 spiro atoms. The van der Waals surface area contributed by atoms with E-state index in [1.54, 1.807) is 31.4 Å². The Balaban J connectivity index is 2.34. The van der Waals surface area contributed by atoms with Crippen LogP contribution in [0.4, 0.5) is 5.69 Å². The number of benzene rings is 1. The molecule has 1 amide bonds. The van der Waals surface area contributed by atoms with Gasteiger partial charge in [0.05, 0.1) is 13.2 Å². The van der Waals surface area contributed by atoms with Crippen LogP contribution >= 0.6 is 0 Å². The van der Waals surface area contributed by atoms with E-state index < -0.39 is 0 Å². The Kier molecular flexibility index (Phi) is 5.87. The summed E-state index contributed by atoms with van der Waals surface area (Å²) in [4.78, 5) is 22.5. The minimum Gasteiger partial charge on any atom is -0.383 e. The minimum atomic E-state index is -0.0947. The van der Waals surface area contributed by atoms with Crippen molar-refractivity contribution in [2.24, 2.45) is 0 Å². The summed E-state index contributed by atoms with van der Waals surface area (Å²) >= 11 is 0. The highest BCUT2D eigenvalue weighted by atomic mass is 16.5. The van der Waals surface area contributed by atoms with Gasteiger partial charge < -0.3 is 15.4 Å². The lowest BCUT2D eigenvalue weighted by Crippen LogP contribution is -2.32. The summed E-state index contributed by atoms with van der Waals surface area (Å²) in [7, 11) is 1.58. The minimum absolute atomic E-state index is 0.0267. The Morgan fingerprint density at radius 2 is 1.89 bits per heavy atom. The van der Waals surface area contributed by atoms with Gasteiger partial charge in [-0.25, -0.2) is 0 Å². The number of hydrogen-bond donors (Lipinski definition) is 2. The Morgan fingerprint density at radius 3 is 2.44 bits per heavy atom. The smallest absolute Gasteiger partial charge is 0.239 e. The molecular formula is C13H18N2O3. The second kappa shape index (κ2) is 7.45. The van der Waals surface area contributed by atoms with E-state index in [0.29, 0.717) is 18.7 Å². The van der Waals surface area contributed by atoms with Gasteiger partial charge in [0.15, 0.2) is 5.78 Å². The van der Waals surface area contributed by atoms with E-state index in [0.717, 1.165) is 5.69 Å². The van der Waals surface area contributed by atoms with Gasteiger partial charge in [0.2, 0.25) is 5.91 Å². The molecule has 0 radical (unpaired) electrons. The molecule has 0 saturated heterocycles. The van der Waals surface area contributed by atoms with Gasteiger partial charge in [-0.05, 0) is 31.2 Å². The number of carbonyl (C=O) groups excluding carboxylic acids is 2. The molecule has 1 aromatic rings. The van der Waals surface area contributed by atoms with Crippen LogP contribution in [0.15, 0.2) is 24.3 Å². The summed E-state index contributed by atoms with van der Waals surface area (Å²) in [5.74, 6) is -0.0680. The number of methoxy groups -OCH3 is 1. The third-order valence-corrected chi connectivity index (χ3v) is 2.37. The highest BCUT2D eigenvalue weighted by molar-refractivity contribution is 5.94. The number of ether oxygens (including phenoxy) is 1. The fourth-order valence-corrected chi connectivity index (χ4v) is 1.36.